The molecule has 0 amide bonds. The first-order chi connectivity index (χ1) is 20.1. The Morgan fingerprint density at radius 3 is 2.07 bits per heavy atom. The first-order valence-electron chi connectivity index (χ1n) is 13.5. The molecule has 0 bridgehead atoms. The Morgan fingerprint density at radius 2 is 1.22 bits per heavy atom. The molecule has 6 heteroatoms. The van der Waals surface area contributed by atoms with Crippen LogP contribution in [0.2, 0.25) is 0 Å². The van der Waals surface area contributed by atoms with Gasteiger partial charge >= 0.3 is 0 Å². The molecule has 0 aromatic heterocycles. The fourth-order valence-corrected chi connectivity index (χ4v) is 9.09. The minimum atomic E-state index is -3.67. The van der Waals surface area contributed by atoms with Gasteiger partial charge in [-0.05, 0) is 77.0 Å². The van der Waals surface area contributed by atoms with Gasteiger partial charge in [-0.15, -0.1) is 0 Å². The largest absolute Gasteiger partial charge is 0.319 e. The van der Waals surface area contributed by atoms with E-state index < -0.39 is 15.2 Å². The Bertz CT molecular complexity index is 2080. The van der Waals surface area contributed by atoms with Gasteiger partial charge in [0.25, 0.3) is 0 Å². The zero-order valence-electron chi connectivity index (χ0n) is 21.9. The molecule has 1 atom stereocenters. The Morgan fingerprint density at radius 1 is 0.537 bits per heavy atom. The van der Waals surface area contributed by atoms with E-state index in [9.17, 15) is 8.42 Å². The van der Waals surface area contributed by atoms with Crippen molar-refractivity contribution in [3.63, 3.8) is 0 Å². The van der Waals surface area contributed by atoms with Crippen LogP contribution in [0.4, 0.5) is 28.4 Å². The molecular formula is C35H24N2O2S2. The average molecular weight is 569 g/mol. The fourth-order valence-electron chi connectivity index (χ4n) is 5.99. The van der Waals surface area contributed by atoms with Gasteiger partial charge < -0.3 is 9.80 Å². The summed E-state index contributed by atoms with van der Waals surface area (Å²) >= 11 is 1.68. The molecule has 0 aliphatic carbocycles. The van der Waals surface area contributed by atoms with Gasteiger partial charge in [-0.1, -0.05) is 90.6 Å². The maximum Gasteiger partial charge on any atom is 0.206 e. The third kappa shape index (κ3) is 3.79. The minimum Gasteiger partial charge on any atom is -0.319 e. The normalized spacial score (nSPS) is 16.7. The van der Waals surface area contributed by atoms with E-state index in [1.165, 1.54) is 10.8 Å². The van der Waals surface area contributed by atoms with Crippen LogP contribution in [0.25, 0.3) is 10.8 Å². The van der Waals surface area contributed by atoms with E-state index in [4.69, 9.17) is 0 Å². The van der Waals surface area contributed by atoms with Crippen molar-refractivity contribution in [2.24, 2.45) is 0 Å². The second kappa shape index (κ2) is 9.26. The zero-order valence-corrected chi connectivity index (χ0v) is 23.5. The van der Waals surface area contributed by atoms with Gasteiger partial charge in [0, 0.05) is 21.2 Å². The molecule has 8 rings (SSSR count). The lowest BCUT2D eigenvalue weighted by Gasteiger charge is -2.34. The fraction of sp³-hybridized carbons (Fsp3) is 0.0286. The highest BCUT2D eigenvalue weighted by Crippen LogP contribution is 2.55. The number of fused-ring (bicyclic) bond motifs is 4. The van der Waals surface area contributed by atoms with Crippen LogP contribution in [0.3, 0.4) is 0 Å². The van der Waals surface area contributed by atoms with Crippen LogP contribution >= 0.6 is 11.8 Å². The molecule has 0 spiro atoms. The molecule has 0 radical (unpaired) electrons. The van der Waals surface area contributed by atoms with Crippen LogP contribution in [0.15, 0.2) is 154 Å². The molecule has 2 aliphatic rings. The molecule has 0 N–H and O–H groups in total. The summed E-state index contributed by atoms with van der Waals surface area (Å²) in [6.45, 7) is 0. The van der Waals surface area contributed by atoms with Crippen LogP contribution in [0, 0.1) is 0 Å². The van der Waals surface area contributed by atoms with Crippen molar-refractivity contribution in [2.75, 3.05) is 9.80 Å². The number of anilines is 5. The quantitative estimate of drug-likeness (QED) is 0.212. The van der Waals surface area contributed by atoms with E-state index in [-0.39, 0.29) is 0 Å². The van der Waals surface area contributed by atoms with Crippen LogP contribution in [0.1, 0.15) is 10.9 Å². The minimum absolute atomic E-state index is 0.363. The highest BCUT2D eigenvalue weighted by Gasteiger charge is 2.45. The van der Waals surface area contributed by atoms with Gasteiger partial charge in [-0.25, -0.2) is 8.42 Å². The number of para-hydroxylation sites is 3. The van der Waals surface area contributed by atoms with E-state index in [0.717, 1.165) is 38.1 Å². The summed E-state index contributed by atoms with van der Waals surface area (Å²) in [7, 11) is -3.67. The summed E-state index contributed by atoms with van der Waals surface area (Å²) in [5, 5.41) is 1.50. The summed E-state index contributed by atoms with van der Waals surface area (Å²) in [5.41, 5.74) is 5.51. The Kier molecular flexibility index (Phi) is 5.49. The standard InChI is InChI=1S/C35H24N2O2S2/c38-41(39)34-17-9-7-15-31(34)37(27-12-2-1-3-13-27)35(41)26-19-21-30-33(23-26)40-32-16-8-6-14-29(32)36(30)28-20-18-24-10-4-5-11-25(24)22-28/h1-23,35H. The van der Waals surface area contributed by atoms with Gasteiger partial charge in [-0.2, -0.15) is 0 Å². The Hall–Kier alpha value is -4.52. The molecule has 6 aromatic rings. The second-order valence-corrected chi connectivity index (χ2v) is 13.3. The van der Waals surface area contributed by atoms with Gasteiger partial charge in [0.15, 0.2) is 5.37 Å². The van der Waals surface area contributed by atoms with E-state index in [0.29, 0.717) is 10.6 Å². The maximum absolute atomic E-state index is 14.1. The number of hydrogen-bond donors (Lipinski definition) is 0. The number of nitrogens with zero attached hydrogens (tertiary/aromatic N) is 2. The predicted octanol–water partition coefficient (Wildman–Crippen LogP) is 9.40. The third-order valence-electron chi connectivity index (χ3n) is 7.82. The van der Waals surface area contributed by atoms with E-state index in [1.54, 1.807) is 23.9 Å². The highest BCUT2D eigenvalue weighted by molar-refractivity contribution is 7.99. The number of sulfone groups is 1. The second-order valence-electron chi connectivity index (χ2n) is 10.2. The first kappa shape index (κ1) is 24.3. The molecule has 198 valence electrons. The van der Waals surface area contributed by atoms with Crippen molar-refractivity contribution in [3.8, 4) is 0 Å². The topological polar surface area (TPSA) is 40.6 Å². The van der Waals surface area contributed by atoms with Crippen molar-refractivity contribution in [3.05, 3.63) is 145 Å². The molecule has 0 fully saturated rings. The SMILES string of the molecule is O=S1(=O)c2ccccc2N(c2ccccc2)C1c1ccc2c(c1)Sc1ccccc1N2c1ccc2ccccc2c1. The molecule has 6 aromatic carbocycles. The van der Waals surface area contributed by atoms with E-state index >= 15 is 0 Å². The van der Waals surface area contributed by atoms with E-state index in [2.05, 4.69) is 83.8 Å². The molecule has 1 unspecified atom stereocenters. The van der Waals surface area contributed by atoms with Crippen molar-refractivity contribution in [2.45, 2.75) is 20.1 Å². The lowest BCUT2D eigenvalue weighted by Crippen LogP contribution is -2.24. The van der Waals surface area contributed by atoms with Crippen LogP contribution in [-0.4, -0.2) is 8.42 Å². The van der Waals surface area contributed by atoms with Crippen molar-refractivity contribution in [1.29, 1.82) is 0 Å². The summed E-state index contributed by atoms with van der Waals surface area (Å²) in [5.74, 6) is 0. The van der Waals surface area contributed by atoms with E-state index in [1.807, 2.05) is 53.4 Å². The number of benzene rings is 6. The smallest absolute Gasteiger partial charge is 0.206 e. The molecule has 4 nitrogen and oxygen atoms in total. The van der Waals surface area contributed by atoms with Gasteiger partial charge in [0.1, 0.15) is 0 Å². The zero-order chi connectivity index (χ0) is 27.6. The predicted molar refractivity (Wildman–Crippen MR) is 168 cm³/mol. The molecule has 0 saturated heterocycles. The van der Waals surface area contributed by atoms with Crippen LogP contribution in [-0.2, 0) is 9.84 Å². The molecular weight excluding hydrogens is 545 g/mol. The first-order valence-corrected chi connectivity index (χ1v) is 15.8. The summed E-state index contributed by atoms with van der Waals surface area (Å²) in [6.07, 6.45) is 0. The van der Waals surface area contributed by atoms with Gasteiger partial charge in [0.2, 0.25) is 9.84 Å². The Labute approximate surface area is 243 Å². The lowest BCUT2D eigenvalue weighted by molar-refractivity contribution is 0.589. The maximum atomic E-state index is 14.1. The highest BCUT2D eigenvalue weighted by atomic mass is 32.2. The summed E-state index contributed by atoms with van der Waals surface area (Å²) in [6, 6.07) is 46.5. The molecule has 2 aliphatic heterocycles. The monoisotopic (exact) mass is 568 g/mol. The van der Waals surface area contributed by atoms with Crippen molar-refractivity contribution < 1.29 is 8.42 Å². The third-order valence-corrected chi connectivity index (χ3v) is 11.0. The number of hydrogen-bond acceptors (Lipinski definition) is 5. The number of rotatable bonds is 3. The molecule has 2 heterocycles. The summed E-state index contributed by atoms with van der Waals surface area (Å²) < 4.78 is 28.2. The van der Waals surface area contributed by atoms with Gasteiger partial charge in [0.05, 0.1) is 22.0 Å². The Balaban J connectivity index is 1.30. The lowest BCUT2D eigenvalue weighted by atomic mass is 10.1. The molecule has 41 heavy (non-hydrogen) atoms. The van der Waals surface area contributed by atoms with Crippen molar-refractivity contribution in [1.82, 2.24) is 0 Å². The summed E-state index contributed by atoms with van der Waals surface area (Å²) in [4.78, 5) is 6.75. The van der Waals surface area contributed by atoms with Crippen LogP contribution < -0.4 is 9.80 Å². The average Bonchev–Trinajstić information content (AvgIpc) is 3.26. The van der Waals surface area contributed by atoms with Gasteiger partial charge in [-0.3, -0.25) is 0 Å². The van der Waals surface area contributed by atoms with Crippen LogP contribution in [0.5, 0.6) is 0 Å². The van der Waals surface area contributed by atoms with Crippen molar-refractivity contribution >= 4 is 60.8 Å². The molecule has 0 saturated carbocycles.